The van der Waals surface area contributed by atoms with Gasteiger partial charge in [0.15, 0.2) is 0 Å². The van der Waals surface area contributed by atoms with Gasteiger partial charge in [0.05, 0.1) is 18.6 Å². The maximum Gasteiger partial charge on any atom is 0.249 e. The van der Waals surface area contributed by atoms with E-state index in [1.54, 1.807) is 13.8 Å². The van der Waals surface area contributed by atoms with E-state index in [1.807, 2.05) is 11.4 Å². The Balaban J connectivity index is 2.18. The average Bonchev–Trinajstić information content (AvgIpc) is 2.66. The summed E-state index contributed by atoms with van der Waals surface area (Å²) in [6.07, 6.45) is 0. The fraction of sp³-hybridized carbons (Fsp3) is 0.455. The molecule has 0 aromatic carbocycles. The minimum Gasteiger partial charge on any atom is -0.295 e. The van der Waals surface area contributed by atoms with Gasteiger partial charge in [-0.1, -0.05) is 0 Å². The van der Waals surface area contributed by atoms with E-state index in [-0.39, 0.29) is 18.4 Å². The summed E-state index contributed by atoms with van der Waals surface area (Å²) in [6, 6.07) is 1.93. The van der Waals surface area contributed by atoms with Crippen LogP contribution in [-0.2, 0) is 16.1 Å². The number of halogens is 1. The monoisotopic (exact) mass is 316 g/mol. The Morgan fingerprint density at radius 2 is 2.24 bits per heavy atom. The van der Waals surface area contributed by atoms with Crippen LogP contribution in [-0.4, -0.2) is 28.8 Å². The molecule has 2 heterocycles. The molecule has 0 atom stereocenters. The molecular weight excluding hydrogens is 304 g/mol. The van der Waals surface area contributed by atoms with Gasteiger partial charge in [-0.25, -0.2) is 0 Å². The van der Waals surface area contributed by atoms with Crippen LogP contribution in [0, 0.1) is 0 Å². The Morgan fingerprint density at radius 3 is 2.82 bits per heavy atom. The first-order chi connectivity index (χ1) is 7.90. The third-order valence-corrected chi connectivity index (χ3v) is 4.38. The van der Waals surface area contributed by atoms with Gasteiger partial charge in [0, 0.05) is 14.7 Å². The molecule has 4 nitrogen and oxygen atoms in total. The molecule has 6 heteroatoms. The van der Waals surface area contributed by atoms with Crippen molar-refractivity contribution < 1.29 is 9.59 Å². The summed E-state index contributed by atoms with van der Waals surface area (Å²) >= 11 is 4.89. The number of hydrogen-bond acceptors (Lipinski definition) is 4. The lowest BCUT2D eigenvalue weighted by Crippen LogP contribution is -2.63. The molecule has 0 aliphatic carbocycles. The Labute approximate surface area is 112 Å². The SMILES string of the molecule is CC1(C)NCC(=O)N(Cc2cc(Br)cs2)C1=O. The third kappa shape index (κ3) is 2.59. The van der Waals surface area contributed by atoms with Gasteiger partial charge in [0.25, 0.3) is 0 Å². The molecule has 1 aliphatic rings. The molecule has 17 heavy (non-hydrogen) atoms. The van der Waals surface area contributed by atoms with E-state index in [2.05, 4.69) is 21.2 Å². The Hall–Kier alpha value is -0.720. The largest absolute Gasteiger partial charge is 0.295 e. The number of amides is 2. The van der Waals surface area contributed by atoms with Crippen LogP contribution in [0.1, 0.15) is 18.7 Å². The standard InChI is InChI=1S/C11H13BrN2O2S/c1-11(2)10(16)14(9(15)4-13-11)5-8-3-7(12)6-17-8/h3,6,13H,4-5H2,1-2H3. The van der Waals surface area contributed by atoms with Gasteiger partial charge in [-0.05, 0) is 35.8 Å². The Bertz CT molecular complexity index is 470. The van der Waals surface area contributed by atoms with Gasteiger partial charge in [-0.15, -0.1) is 11.3 Å². The molecule has 0 spiro atoms. The van der Waals surface area contributed by atoms with Gasteiger partial charge in [0.2, 0.25) is 11.8 Å². The highest BCUT2D eigenvalue weighted by Crippen LogP contribution is 2.23. The van der Waals surface area contributed by atoms with Gasteiger partial charge in [0.1, 0.15) is 0 Å². The second kappa shape index (κ2) is 4.51. The summed E-state index contributed by atoms with van der Waals surface area (Å²) in [6.45, 7) is 4.16. The van der Waals surface area contributed by atoms with Crippen LogP contribution in [0.3, 0.4) is 0 Å². The first kappa shape index (κ1) is 12.7. The van der Waals surface area contributed by atoms with Crippen molar-refractivity contribution in [1.82, 2.24) is 10.2 Å². The summed E-state index contributed by atoms with van der Waals surface area (Å²) in [7, 11) is 0. The first-order valence-electron chi connectivity index (χ1n) is 5.23. The molecular formula is C11H13BrN2O2S. The average molecular weight is 317 g/mol. The summed E-state index contributed by atoms with van der Waals surface area (Å²) in [4.78, 5) is 26.2. The number of nitrogens with zero attached hydrogens (tertiary/aromatic N) is 1. The van der Waals surface area contributed by atoms with Gasteiger partial charge in [-0.2, -0.15) is 0 Å². The molecule has 2 amide bonds. The van der Waals surface area contributed by atoms with E-state index in [1.165, 1.54) is 16.2 Å². The molecule has 0 radical (unpaired) electrons. The zero-order chi connectivity index (χ0) is 12.6. The topological polar surface area (TPSA) is 49.4 Å². The molecule has 0 saturated carbocycles. The molecule has 1 aromatic rings. The number of hydrogen-bond donors (Lipinski definition) is 1. The van der Waals surface area contributed by atoms with Crippen molar-refractivity contribution in [3.63, 3.8) is 0 Å². The molecule has 0 bridgehead atoms. The zero-order valence-electron chi connectivity index (χ0n) is 9.62. The van der Waals surface area contributed by atoms with E-state index in [9.17, 15) is 9.59 Å². The van der Waals surface area contributed by atoms with Crippen LogP contribution < -0.4 is 5.32 Å². The highest BCUT2D eigenvalue weighted by molar-refractivity contribution is 9.10. The Kier molecular flexibility index (Phi) is 3.38. The first-order valence-corrected chi connectivity index (χ1v) is 6.90. The second-order valence-electron chi connectivity index (χ2n) is 4.49. The van der Waals surface area contributed by atoms with E-state index < -0.39 is 5.54 Å². The third-order valence-electron chi connectivity index (χ3n) is 2.70. The lowest BCUT2D eigenvalue weighted by Gasteiger charge is -2.36. The molecule has 1 aromatic heterocycles. The molecule has 1 N–H and O–H groups in total. The van der Waals surface area contributed by atoms with Crippen molar-refractivity contribution in [3.8, 4) is 0 Å². The predicted molar refractivity (Wildman–Crippen MR) is 69.7 cm³/mol. The lowest BCUT2D eigenvalue weighted by atomic mass is 10.0. The number of piperazine rings is 1. The van der Waals surface area contributed by atoms with E-state index in [4.69, 9.17) is 0 Å². The summed E-state index contributed by atoms with van der Waals surface area (Å²) in [5.74, 6) is -0.336. The van der Waals surface area contributed by atoms with Crippen LogP contribution in [0.5, 0.6) is 0 Å². The molecule has 1 fully saturated rings. The van der Waals surface area contributed by atoms with E-state index in [0.717, 1.165) is 9.35 Å². The molecule has 92 valence electrons. The fourth-order valence-electron chi connectivity index (χ4n) is 1.67. The summed E-state index contributed by atoms with van der Waals surface area (Å²) in [5.41, 5.74) is -0.664. The number of thiophene rings is 1. The summed E-state index contributed by atoms with van der Waals surface area (Å²) < 4.78 is 0.979. The second-order valence-corrected chi connectivity index (χ2v) is 6.41. The number of nitrogens with one attached hydrogen (secondary N) is 1. The van der Waals surface area contributed by atoms with E-state index in [0.29, 0.717) is 6.54 Å². The minimum absolute atomic E-state index is 0.168. The summed E-state index contributed by atoms with van der Waals surface area (Å²) in [5, 5.41) is 4.87. The van der Waals surface area contributed by atoms with Gasteiger partial charge in [-0.3, -0.25) is 19.8 Å². The van der Waals surface area contributed by atoms with Crippen molar-refractivity contribution >= 4 is 39.1 Å². The van der Waals surface area contributed by atoms with Crippen LogP contribution >= 0.6 is 27.3 Å². The van der Waals surface area contributed by atoms with Crippen molar-refractivity contribution in [2.24, 2.45) is 0 Å². The highest BCUT2D eigenvalue weighted by Gasteiger charge is 2.39. The predicted octanol–water partition coefficient (Wildman–Crippen LogP) is 1.75. The maximum absolute atomic E-state index is 12.1. The normalized spacial score (nSPS) is 19.8. The number of carbonyl (C=O) groups is 2. The zero-order valence-corrected chi connectivity index (χ0v) is 12.0. The van der Waals surface area contributed by atoms with Crippen molar-refractivity contribution in [3.05, 3.63) is 20.8 Å². The van der Waals surface area contributed by atoms with Crippen molar-refractivity contribution in [1.29, 1.82) is 0 Å². The van der Waals surface area contributed by atoms with Crippen molar-refractivity contribution in [2.75, 3.05) is 6.54 Å². The van der Waals surface area contributed by atoms with Gasteiger partial charge >= 0.3 is 0 Å². The smallest absolute Gasteiger partial charge is 0.249 e. The molecule has 1 aliphatic heterocycles. The van der Waals surface area contributed by atoms with Crippen LogP contribution in [0.4, 0.5) is 0 Å². The highest BCUT2D eigenvalue weighted by atomic mass is 79.9. The number of imide groups is 1. The van der Waals surface area contributed by atoms with Crippen molar-refractivity contribution in [2.45, 2.75) is 25.9 Å². The molecule has 1 saturated heterocycles. The van der Waals surface area contributed by atoms with Gasteiger partial charge < -0.3 is 0 Å². The number of carbonyl (C=O) groups excluding carboxylic acids is 2. The van der Waals surface area contributed by atoms with Crippen LogP contribution in [0.15, 0.2) is 15.9 Å². The quantitative estimate of drug-likeness (QED) is 0.846. The lowest BCUT2D eigenvalue weighted by molar-refractivity contribution is -0.153. The molecule has 0 unspecified atom stereocenters. The number of rotatable bonds is 2. The minimum atomic E-state index is -0.664. The fourth-order valence-corrected chi connectivity index (χ4v) is 3.11. The maximum atomic E-state index is 12.1. The van der Waals surface area contributed by atoms with Crippen LogP contribution in [0.25, 0.3) is 0 Å². The van der Waals surface area contributed by atoms with E-state index >= 15 is 0 Å². The molecule has 2 rings (SSSR count). The Morgan fingerprint density at radius 1 is 1.53 bits per heavy atom. The van der Waals surface area contributed by atoms with Crippen LogP contribution in [0.2, 0.25) is 0 Å².